The van der Waals surface area contributed by atoms with Gasteiger partial charge >= 0.3 is 0 Å². The van der Waals surface area contributed by atoms with Gasteiger partial charge in [0.1, 0.15) is 5.75 Å². The van der Waals surface area contributed by atoms with E-state index in [2.05, 4.69) is 43.6 Å². The Morgan fingerprint density at radius 1 is 1.13 bits per heavy atom. The molecule has 4 heterocycles. The molecule has 0 amide bonds. The number of anilines is 2. The van der Waals surface area contributed by atoms with Gasteiger partial charge in [-0.05, 0) is 51.1 Å². The highest BCUT2D eigenvalue weighted by Crippen LogP contribution is 2.38. The Kier molecular flexibility index (Phi) is 5.93. The van der Waals surface area contributed by atoms with Crippen molar-refractivity contribution >= 4 is 11.5 Å². The first kappa shape index (κ1) is 20.5. The Morgan fingerprint density at radius 2 is 1.97 bits per heavy atom. The van der Waals surface area contributed by atoms with E-state index in [4.69, 9.17) is 9.47 Å². The monoisotopic (exact) mass is 424 g/mol. The van der Waals surface area contributed by atoms with Crippen molar-refractivity contribution in [3.8, 4) is 17.0 Å². The summed E-state index contributed by atoms with van der Waals surface area (Å²) in [4.78, 5) is 5.24. The van der Waals surface area contributed by atoms with Gasteiger partial charge < -0.3 is 25.0 Å². The molecule has 0 bridgehead atoms. The number of piperazine rings is 1. The largest absolute Gasteiger partial charge is 0.467 e. The zero-order valence-electron chi connectivity index (χ0n) is 18.4. The Hall–Kier alpha value is -2.42. The van der Waals surface area contributed by atoms with Gasteiger partial charge in [0.05, 0.1) is 17.4 Å². The first-order valence-corrected chi connectivity index (χ1v) is 11.3. The number of hydrogen-bond acceptors (Lipinski definition) is 8. The molecule has 2 fully saturated rings. The van der Waals surface area contributed by atoms with Crippen molar-refractivity contribution in [3.63, 3.8) is 0 Å². The van der Waals surface area contributed by atoms with Crippen LogP contribution in [0.4, 0.5) is 11.5 Å². The van der Waals surface area contributed by atoms with Crippen molar-refractivity contribution in [2.75, 3.05) is 56.8 Å². The van der Waals surface area contributed by atoms with Gasteiger partial charge in [-0.1, -0.05) is 12.1 Å². The second-order valence-corrected chi connectivity index (χ2v) is 8.68. The molecule has 166 valence electrons. The molecular weight excluding hydrogens is 392 g/mol. The maximum Gasteiger partial charge on any atom is 0.188 e. The van der Waals surface area contributed by atoms with Crippen LogP contribution < -0.4 is 20.3 Å². The molecule has 2 saturated heterocycles. The second kappa shape index (κ2) is 8.98. The molecule has 8 heteroatoms. The number of piperidine rings is 1. The van der Waals surface area contributed by atoms with Crippen molar-refractivity contribution in [2.45, 2.75) is 37.9 Å². The maximum absolute atomic E-state index is 5.76. The molecule has 3 aliphatic heterocycles. The van der Waals surface area contributed by atoms with Gasteiger partial charge in [0.25, 0.3) is 0 Å². The summed E-state index contributed by atoms with van der Waals surface area (Å²) in [6.45, 7) is 7.93. The fourth-order valence-corrected chi connectivity index (χ4v) is 5.14. The van der Waals surface area contributed by atoms with E-state index in [0.29, 0.717) is 18.1 Å². The Morgan fingerprint density at radius 3 is 2.81 bits per heavy atom. The molecule has 2 aromatic rings. The molecule has 0 radical (unpaired) electrons. The quantitative estimate of drug-likeness (QED) is 0.708. The lowest BCUT2D eigenvalue weighted by Gasteiger charge is -2.50. The summed E-state index contributed by atoms with van der Waals surface area (Å²) in [5.74, 6) is 1.63. The van der Waals surface area contributed by atoms with E-state index in [1.54, 1.807) is 7.11 Å². The molecule has 1 aromatic heterocycles. The van der Waals surface area contributed by atoms with E-state index < -0.39 is 0 Å². The third kappa shape index (κ3) is 4.07. The van der Waals surface area contributed by atoms with Crippen LogP contribution in [0.1, 0.15) is 19.8 Å². The number of nitrogens with one attached hydrogen (secondary N) is 2. The van der Waals surface area contributed by atoms with Crippen LogP contribution in [0.15, 0.2) is 30.3 Å². The highest BCUT2D eigenvalue weighted by molar-refractivity contribution is 5.77. The zero-order valence-corrected chi connectivity index (χ0v) is 18.4. The van der Waals surface area contributed by atoms with Crippen LogP contribution in [0.2, 0.25) is 0 Å². The minimum Gasteiger partial charge on any atom is -0.467 e. The minimum atomic E-state index is 0.204. The van der Waals surface area contributed by atoms with Gasteiger partial charge in [-0.3, -0.25) is 4.90 Å². The van der Waals surface area contributed by atoms with Crippen LogP contribution >= 0.6 is 0 Å². The van der Waals surface area contributed by atoms with Crippen LogP contribution in [-0.4, -0.2) is 79.8 Å². The number of para-hydroxylation sites is 1. The van der Waals surface area contributed by atoms with Crippen LogP contribution in [0.5, 0.6) is 5.75 Å². The van der Waals surface area contributed by atoms with Crippen LogP contribution in [0.25, 0.3) is 11.3 Å². The number of benzene rings is 1. The summed E-state index contributed by atoms with van der Waals surface area (Å²) < 4.78 is 10.8. The van der Waals surface area contributed by atoms with E-state index in [9.17, 15) is 0 Å². The Balaban J connectivity index is 1.41. The standard InChI is InChI=1S/C23H32N6O2/c1-16-21-14-28(17-7-9-24-10-8-17)11-12-29(21)20-13-19(26-27-23(20)25-16)18-5-3-4-6-22(18)31-15-30-2/h3-6,13,16-17,21,24H,7-12,14-15H2,1-2H3,(H,25,27)/t16-,21-/m0/s1. The second-order valence-electron chi connectivity index (χ2n) is 8.68. The lowest BCUT2D eigenvalue weighted by atomic mass is 9.96. The summed E-state index contributed by atoms with van der Waals surface area (Å²) in [5, 5.41) is 16.2. The van der Waals surface area contributed by atoms with Crippen LogP contribution in [0.3, 0.4) is 0 Å². The van der Waals surface area contributed by atoms with E-state index in [0.717, 1.165) is 61.2 Å². The molecule has 2 atom stereocenters. The van der Waals surface area contributed by atoms with Gasteiger partial charge in [-0.15, -0.1) is 10.2 Å². The van der Waals surface area contributed by atoms with E-state index >= 15 is 0 Å². The Labute approximate surface area is 183 Å². The van der Waals surface area contributed by atoms with Crippen molar-refractivity contribution < 1.29 is 9.47 Å². The first-order chi connectivity index (χ1) is 15.2. The number of aromatic nitrogens is 2. The number of nitrogens with zero attached hydrogens (tertiary/aromatic N) is 4. The lowest BCUT2D eigenvalue weighted by molar-refractivity contribution is 0.0515. The van der Waals surface area contributed by atoms with Crippen LogP contribution in [0, 0.1) is 0 Å². The van der Waals surface area contributed by atoms with Gasteiger partial charge in [0.15, 0.2) is 12.6 Å². The average molecular weight is 425 g/mol. The number of fused-ring (bicyclic) bond motifs is 3. The topological polar surface area (TPSA) is 74.8 Å². The summed E-state index contributed by atoms with van der Waals surface area (Å²) in [6, 6.07) is 11.5. The smallest absolute Gasteiger partial charge is 0.188 e. The first-order valence-electron chi connectivity index (χ1n) is 11.3. The molecule has 2 N–H and O–H groups in total. The van der Waals surface area contributed by atoms with Crippen LogP contribution in [-0.2, 0) is 4.74 Å². The lowest BCUT2D eigenvalue weighted by Crippen LogP contribution is -2.63. The number of rotatable bonds is 5. The van der Waals surface area contributed by atoms with Crippen molar-refractivity contribution in [1.82, 2.24) is 20.4 Å². The number of methoxy groups -OCH3 is 1. The maximum atomic E-state index is 5.76. The van der Waals surface area contributed by atoms with Crippen molar-refractivity contribution in [3.05, 3.63) is 30.3 Å². The van der Waals surface area contributed by atoms with E-state index in [-0.39, 0.29) is 6.79 Å². The van der Waals surface area contributed by atoms with E-state index in [1.807, 2.05) is 24.3 Å². The molecule has 0 aliphatic carbocycles. The fourth-order valence-electron chi connectivity index (χ4n) is 5.14. The summed E-state index contributed by atoms with van der Waals surface area (Å²) in [5.41, 5.74) is 2.89. The fraction of sp³-hybridized carbons (Fsp3) is 0.565. The molecule has 0 unspecified atom stereocenters. The third-order valence-electron chi connectivity index (χ3n) is 6.80. The number of ether oxygens (including phenoxy) is 2. The van der Waals surface area contributed by atoms with Gasteiger partial charge in [0.2, 0.25) is 0 Å². The zero-order chi connectivity index (χ0) is 21.2. The molecule has 5 rings (SSSR count). The van der Waals surface area contributed by atoms with Gasteiger partial charge in [-0.25, -0.2) is 0 Å². The summed E-state index contributed by atoms with van der Waals surface area (Å²) in [6.07, 6.45) is 2.50. The van der Waals surface area contributed by atoms with Crippen molar-refractivity contribution in [2.24, 2.45) is 0 Å². The molecule has 0 saturated carbocycles. The molecule has 1 aromatic carbocycles. The highest BCUT2D eigenvalue weighted by Gasteiger charge is 2.39. The Bertz CT molecular complexity index is 903. The van der Waals surface area contributed by atoms with Gasteiger partial charge in [0, 0.05) is 44.4 Å². The van der Waals surface area contributed by atoms with E-state index in [1.165, 1.54) is 12.8 Å². The molecule has 3 aliphatic rings. The molecule has 8 nitrogen and oxygen atoms in total. The SMILES string of the molecule is COCOc1ccccc1-c1cc2c(nn1)N[C@@H](C)[C@@H]1CN(C3CCNCC3)CCN21. The predicted octanol–water partition coefficient (Wildman–Crippen LogP) is 2.18. The third-order valence-corrected chi connectivity index (χ3v) is 6.80. The van der Waals surface area contributed by atoms with Gasteiger partial charge in [-0.2, -0.15) is 0 Å². The molecular formula is C23H32N6O2. The predicted molar refractivity (Wildman–Crippen MR) is 122 cm³/mol. The number of hydrogen-bond donors (Lipinski definition) is 2. The summed E-state index contributed by atoms with van der Waals surface area (Å²) >= 11 is 0. The molecule has 31 heavy (non-hydrogen) atoms. The normalized spacial score (nSPS) is 24.3. The minimum absolute atomic E-state index is 0.204. The average Bonchev–Trinajstić information content (AvgIpc) is 2.83. The summed E-state index contributed by atoms with van der Waals surface area (Å²) in [7, 11) is 1.62. The van der Waals surface area contributed by atoms with Crippen molar-refractivity contribution in [1.29, 1.82) is 0 Å². The molecule has 0 spiro atoms. The highest BCUT2D eigenvalue weighted by atomic mass is 16.7.